The average Bonchev–Trinajstić information content (AvgIpc) is 2.95. The van der Waals surface area contributed by atoms with E-state index in [-0.39, 0.29) is 11.8 Å². The number of hydrogen-bond donors (Lipinski definition) is 2. The molecule has 0 saturated heterocycles. The predicted octanol–water partition coefficient (Wildman–Crippen LogP) is 1.97. The lowest BCUT2D eigenvalue weighted by atomic mass is 9.91. The van der Waals surface area contributed by atoms with E-state index in [0.29, 0.717) is 18.3 Å². The van der Waals surface area contributed by atoms with Crippen molar-refractivity contribution >= 4 is 11.7 Å². The normalized spacial score (nSPS) is 18.5. The van der Waals surface area contributed by atoms with E-state index in [2.05, 4.69) is 38.9 Å². The van der Waals surface area contributed by atoms with Crippen molar-refractivity contribution in [1.82, 2.24) is 19.7 Å². The van der Waals surface area contributed by atoms with Gasteiger partial charge in [-0.15, -0.1) is 0 Å². The number of imidazole rings is 1. The number of hydrogen-bond acceptors (Lipinski definition) is 3. The third kappa shape index (κ3) is 1.83. The van der Waals surface area contributed by atoms with Crippen LogP contribution in [0.4, 0.5) is 5.82 Å². The number of amides is 1. The third-order valence-electron chi connectivity index (χ3n) is 3.56. The van der Waals surface area contributed by atoms with E-state index in [4.69, 9.17) is 0 Å². The molecule has 0 unspecified atom stereocenters. The Bertz CT molecular complexity index is 625. The molecule has 0 bridgehead atoms. The fourth-order valence-electron chi connectivity index (χ4n) is 2.68. The second-order valence-electron chi connectivity index (χ2n) is 5.20. The van der Waals surface area contributed by atoms with Gasteiger partial charge in [-0.05, 0) is 20.8 Å². The van der Waals surface area contributed by atoms with Crippen LogP contribution in [0.5, 0.6) is 0 Å². The Hall–Kier alpha value is -2.11. The lowest BCUT2D eigenvalue weighted by Crippen LogP contribution is -2.25. The standard InChI is InChI=1S/C13H17N5O/c1-7(2)18-5-4-14-13(18)9-6-10(19)15-12-11(9)8(3)16-17-12/h4-5,7,9H,6H2,1-3H3,(H2,15,16,17,19)/t9-/m0/s1. The number of anilines is 1. The summed E-state index contributed by atoms with van der Waals surface area (Å²) in [5, 5.41) is 9.89. The van der Waals surface area contributed by atoms with Crippen molar-refractivity contribution in [3.8, 4) is 0 Å². The van der Waals surface area contributed by atoms with Gasteiger partial charge in [0.1, 0.15) is 5.82 Å². The molecule has 2 N–H and O–H groups in total. The molecule has 1 amide bonds. The Labute approximate surface area is 111 Å². The summed E-state index contributed by atoms with van der Waals surface area (Å²) in [7, 11) is 0. The number of fused-ring (bicyclic) bond motifs is 1. The van der Waals surface area contributed by atoms with Gasteiger partial charge in [0.2, 0.25) is 5.91 Å². The Morgan fingerprint density at radius 2 is 2.26 bits per heavy atom. The molecule has 0 aliphatic carbocycles. The van der Waals surface area contributed by atoms with Gasteiger partial charge in [-0.2, -0.15) is 5.10 Å². The predicted molar refractivity (Wildman–Crippen MR) is 71.0 cm³/mol. The van der Waals surface area contributed by atoms with Crippen molar-refractivity contribution < 1.29 is 4.79 Å². The molecule has 19 heavy (non-hydrogen) atoms. The summed E-state index contributed by atoms with van der Waals surface area (Å²) < 4.78 is 2.11. The van der Waals surface area contributed by atoms with E-state index in [1.807, 2.05) is 13.1 Å². The van der Waals surface area contributed by atoms with Crippen molar-refractivity contribution in [3.05, 3.63) is 29.5 Å². The summed E-state index contributed by atoms with van der Waals surface area (Å²) in [6.07, 6.45) is 4.16. The molecule has 1 aliphatic rings. The van der Waals surface area contributed by atoms with Gasteiger partial charge in [-0.1, -0.05) is 0 Å². The summed E-state index contributed by atoms with van der Waals surface area (Å²) >= 11 is 0. The van der Waals surface area contributed by atoms with Crippen LogP contribution in [0.2, 0.25) is 0 Å². The highest BCUT2D eigenvalue weighted by Crippen LogP contribution is 2.37. The number of carbonyl (C=O) groups excluding carboxylic acids is 1. The van der Waals surface area contributed by atoms with Crippen molar-refractivity contribution in [2.24, 2.45) is 0 Å². The van der Waals surface area contributed by atoms with Gasteiger partial charge >= 0.3 is 0 Å². The first-order valence-corrected chi connectivity index (χ1v) is 6.45. The average molecular weight is 259 g/mol. The minimum atomic E-state index is -0.0279. The number of nitrogens with zero attached hydrogens (tertiary/aromatic N) is 3. The zero-order valence-electron chi connectivity index (χ0n) is 11.3. The van der Waals surface area contributed by atoms with Gasteiger partial charge in [0.25, 0.3) is 0 Å². The number of carbonyl (C=O) groups is 1. The molecule has 2 aromatic rings. The van der Waals surface area contributed by atoms with Crippen molar-refractivity contribution in [2.45, 2.75) is 39.2 Å². The van der Waals surface area contributed by atoms with Gasteiger partial charge in [-0.25, -0.2) is 4.98 Å². The maximum absolute atomic E-state index is 11.8. The van der Waals surface area contributed by atoms with Gasteiger partial charge in [-0.3, -0.25) is 9.89 Å². The van der Waals surface area contributed by atoms with E-state index in [1.165, 1.54) is 0 Å². The molecule has 1 aliphatic heterocycles. The van der Waals surface area contributed by atoms with Gasteiger partial charge < -0.3 is 9.88 Å². The fourth-order valence-corrected chi connectivity index (χ4v) is 2.68. The van der Waals surface area contributed by atoms with Gasteiger partial charge in [0.15, 0.2) is 5.82 Å². The zero-order valence-corrected chi connectivity index (χ0v) is 11.3. The van der Waals surface area contributed by atoms with Crippen LogP contribution in [0, 0.1) is 6.92 Å². The molecular weight excluding hydrogens is 242 g/mol. The molecule has 6 heteroatoms. The summed E-state index contributed by atoms with van der Waals surface area (Å²) in [6, 6.07) is 0.318. The highest BCUT2D eigenvalue weighted by Gasteiger charge is 2.33. The Morgan fingerprint density at radius 3 is 3.00 bits per heavy atom. The highest BCUT2D eigenvalue weighted by atomic mass is 16.1. The molecule has 0 aromatic carbocycles. The van der Waals surface area contributed by atoms with E-state index in [1.54, 1.807) is 6.20 Å². The number of aryl methyl sites for hydroxylation is 1. The Morgan fingerprint density at radius 1 is 1.47 bits per heavy atom. The lowest BCUT2D eigenvalue weighted by Gasteiger charge is -2.24. The molecule has 3 heterocycles. The summed E-state index contributed by atoms with van der Waals surface area (Å²) in [6.45, 7) is 6.19. The zero-order chi connectivity index (χ0) is 13.6. The monoisotopic (exact) mass is 259 g/mol. The van der Waals surface area contributed by atoms with E-state index >= 15 is 0 Å². The SMILES string of the molecule is Cc1[nH]nc2c1[C@@H](c1nccn1C(C)C)CC(=O)N2. The number of aromatic amines is 1. The van der Waals surface area contributed by atoms with E-state index in [0.717, 1.165) is 17.1 Å². The van der Waals surface area contributed by atoms with Crippen molar-refractivity contribution in [1.29, 1.82) is 0 Å². The Kier molecular flexibility index (Phi) is 2.66. The van der Waals surface area contributed by atoms with Crippen LogP contribution in [-0.4, -0.2) is 25.7 Å². The molecule has 1 atom stereocenters. The quantitative estimate of drug-likeness (QED) is 0.865. The minimum absolute atomic E-state index is 0.0118. The first-order valence-electron chi connectivity index (χ1n) is 6.45. The number of nitrogens with one attached hydrogen (secondary N) is 2. The molecule has 2 aromatic heterocycles. The fraction of sp³-hybridized carbons (Fsp3) is 0.462. The molecule has 100 valence electrons. The van der Waals surface area contributed by atoms with Crippen LogP contribution in [0.25, 0.3) is 0 Å². The second-order valence-corrected chi connectivity index (χ2v) is 5.20. The van der Waals surface area contributed by atoms with Gasteiger partial charge in [0.05, 0.1) is 5.92 Å². The van der Waals surface area contributed by atoms with E-state index in [9.17, 15) is 4.79 Å². The summed E-state index contributed by atoms with van der Waals surface area (Å²) in [4.78, 5) is 16.3. The number of rotatable bonds is 2. The molecule has 0 saturated carbocycles. The molecular formula is C13H17N5O. The number of aromatic nitrogens is 4. The second kappa shape index (κ2) is 4.22. The lowest BCUT2D eigenvalue weighted by molar-refractivity contribution is -0.116. The maximum Gasteiger partial charge on any atom is 0.226 e. The highest BCUT2D eigenvalue weighted by molar-refractivity contribution is 5.94. The van der Waals surface area contributed by atoms with Crippen molar-refractivity contribution in [3.63, 3.8) is 0 Å². The molecule has 0 fully saturated rings. The van der Waals surface area contributed by atoms with E-state index < -0.39 is 0 Å². The topological polar surface area (TPSA) is 75.6 Å². The maximum atomic E-state index is 11.8. The third-order valence-corrected chi connectivity index (χ3v) is 3.56. The van der Waals surface area contributed by atoms with Crippen LogP contribution < -0.4 is 5.32 Å². The molecule has 0 radical (unpaired) electrons. The molecule has 0 spiro atoms. The van der Waals surface area contributed by atoms with Gasteiger partial charge in [0, 0.05) is 36.1 Å². The van der Waals surface area contributed by atoms with Crippen LogP contribution >= 0.6 is 0 Å². The summed E-state index contributed by atoms with van der Waals surface area (Å²) in [5.74, 6) is 1.52. The van der Waals surface area contributed by atoms with Crippen LogP contribution in [0.15, 0.2) is 12.4 Å². The van der Waals surface area contributed by atoms with Crippen LogP contribution in [0.1, 0.15) is 49.3 Å². The van der Waals surface area contributed by atoms with Crippen LogP contribution in [-0.2, 0) is 4.79 Å². The molecule has 6 nitrogen and oxygen atoms in total. The Balaban J connectivity index is 2.12. The first-order chi connectivity index (χ1) is 9.08. The largest absolute Gasteiger partial charge is 0.332 e. The van der Waals surface area contributed by atoms with Crippen LogP contribution in [0.3, 0.4) is 0 Å². The smallest absolute Gasteiger partial charge is 0.226 e. The summed E-state index contributed by atoms with van der Waals surface area (Å²) in [5.41, 5.74) is 2.03. The number of H-pyrrole nitrogens is 1. The minimum Gasteiger partial charge on any atom is -0.332 e. The first kappa shape index (κ1) is 12.0. The molecule has 3 rings (SSSR count). The van der Waals surface area contributed by atoms with Crippen molar-refractivity contribution in [2.75, 3.05) is 5.32 Å².